The molecular weight excluding hydrogens is 110 g/mol. The molecule has 0 aromatic heterocycles. The summed E-state index contributed by atoms with van der Waals surface area (Å²) < 4.78 is 4.27. The van der Waals surface area contributed by atoms with Gasteiger partial charge in [0.05, 0.1) is 12.5 Å². The van der Waals surface area contributed by atoms with Gasteiger partial charge in [0.1, 0.15) is 0 Å². The van der Waals surface area contributed by atoms with Crippen molar-refractivity contribution in [3.05, 3.63) is 0 Å². The van der Waals surface area contributed by atoms with Crippen LogP contribution in [0.25, 0.3) is 0 Å². The largest absolute Gasteiger partial charge is 0.434 e. The van der Waals surface area contributed by atoms with E-state index in [2.05, 4.69) is 4.74 Å². The van der Waals surface area contributed by atoms with Crippen LogP contribution in [0.4, 0.5) is 0 Å². The zero-order chi connectivity index (χ0) is 6.15. The van der Waals surface area contributed by atoms with Crippen LogP contribution in [0.1, 0.15) is 6.42 Å². The Kier molecular flexibility index (Phi) is 1.19. The summed E-state index contributed by atoms with van der Waals surface area (Å²) in [5.74, 6) is -0.426. The van der Waals surface area contributed by atoms with Crippen molar-refractivity contribution < 1.29 is 14.6 Å². The summed E-state index contributed by atoms with van der Waals surface area (Å²) in [4.78, 5) is 10.2. The molecule has 0 spiro atoms. The van der Waals surface area contributed by atoms with Crippen LogP contribution < -0.4 is 5.73 Å². The van der Waals surface area contributed by atoms with Gasteiger partial charge in [0.2, 0.25) is 6.29 Å². The van der Waals surface area contributed by atoms with Crippen LogP contribution in [-0.2, 0) is 9.53 Å². The quantitative estimate of drug-likeness (QED) is 0.382. The number of esters is 1. The summed E-state index contributed by atoms with van der Waals surface area (Å²) in [7, 11) is 0. The van der Waals surface area contributed by atoms with Crippen LogP contribution in [0.15, 0.2) is 0 Å². The minimum atomic E-state index is -1.08. The van der Waals surface area contributed by atoms with Gasteiger partial charge in [0, 0.05) is 0 Å². The molecule has 1 rings (SSSR count). The molecule has 3 N–H and O–H groups in total. The summed E-state index contributed by atoms with van der Waals surface area (Å²) in [6, 6.07) is -0.525. The normalized spacial score (nSPS) is 37.5. The van der Waals surface area contributed by atoms with Crippen molar-refractivity contribution in [1.82, 2.24) is 0 Å². The number of hydrogen-bond acceptors (Lipinski definition) is 4. The van der Waals surface area contributed by atoms with E-state index in [1.54, 1.807) is 0 Å². The molecule has 1 heterocycles. The van der Waals surface area contributed by atoms with E-state index in [-0.39, 0.29) is 6.42 Å². The van der Waals surface area contributed by atoms with Crippen LogP contribution >= 0.6 is 0 Å². The number of nitrogens with two attached hydrogens (primary N) is 1. The maximum absolute atomic E-state index is 10.2. The Hall–Kier alpha value is -0.610. The lowest BCUT2D eigenvalue weighted by atomic mass is 10.3. The number of rotatable bonds is 0. The first-order valence-corrected chi connectivity index (χ1v) is 2.33. The molecule has 4 heteroatoms. The van der Waals surface area contributed by atoms with Crippen molar-refractivity contribution in [2.75, 3.05) is 0 Å². The van der Waals surface area contributed by atoms with Gasteiger partial charge in [-0.1, -0.05) is 0 Å². The van der Waals surface area contributed by atoms with Crippen LogP contribution in [0, 0.1) is 0 Å². The van der Waals surface area contributed by atoms with Crippen LogP contribution in [0.2, 0.25) is 0 Å². The van der Waals surface area contributed by atoms with Crippen molar-refractivity contribution in [2.45, 2.75) is 18.8 Å². The van der Waals surface area contributed by atoms with E-state index in [0.717, 1.165) is 0 Å². The Morgan fingerprint density at radius 1 is 1.88 bits per heavy atom. The Balaban J connectivity index is 2.51. The van der Waals surface area contributed by atoms with E-state index in [9.17, 15) is 4.79 Å². The number of hydrogen-bond donors (Lipinski definition) is 2. The van der Waals surface area contributed by atoms with Crippen molar-refractivity contribution in [2.24, 2.45) is 5.73 Å². The van der Waals surface area contributed by atoms with E-state index in [0.29, 0.717) is 0 Å². The average Bonchev–Trinajstić information content (AvgIpc) is 1.85. The molecule has 0 amide bonds. The third kappa shape index (κ3) is 0.801. The molecule has 0 aromatic carbocycles. The monoisotopic (exact) mass is 117 g/mol. The lowest BCUT2D eigenvalue weighted by Gasteiger charge is -2.02. The highest BCUT2D eigenvalue weighted by atomic mass is 16.6. The first kappa shape index (κ1) is 5.53. The van der Waals surface area contributed by atoms with E-state index in [1.165, 1.54) is 0 Å². The van der Waals surface area contributed by atoms with E-state index < -0.39 is 18.3 Å². The maximum atomic E-state index is 10.2. The highest BCUT2D eigenvalue weighted by Crippen LogP contribution is 2.08. The Morgan fingerprint density at radius 3 is 2.62 bits per heavy atom. The second-order valence-electron chi connectivity index (χ2n) is 1.75. The zero-order valence-electron chi connectivity index (χ0n) is 4.20. The lowest BCUT2D eigenvalue weighted by Crippen LogP contribution is -2.29. The van der Waals surface area contributed by atoms with Crippen molar-refractivity contribution in [1.29, 1.82) is 0 Å². The molecule has 0 aromatic rings. The number of carbonyl (C=O) groups is 1. The molecule has 1 fully saturated rings. The third-order valence-electron chi connectivity index (χ3n) is 1.02. The number of aliphatic hydroxyl groups is 1. The fraction of sp³-hybridized carbons (Fsp3) is 0.750. The summed E-state index contributed by atoms with van der Waals surface area (Å²) in [5.41, 5.74) is 5.17. The first-order valence-electron chi connectivity index (χ1n) is 2.33. The van der Waals surface area contributed by atoms with E-state index in [4.69, 9.17) is 10.8 Å². The Morgan fingerprint density at radius 2 is 2.50 bits per heavy atom. The molecule has 8 heavy (non-hydrogen) atoms. The predicted octanol–water partition coefficient (Wildman–Crippen LogP) is -1.42. The smallest absolute Gasteiger partial charge is 0.309 e. The zero-order valence-corrected chi connectivity index (χ0v) is 4.20. The van der Waals surface area contributed by atoms with Crippen LogP contribution in [0.3, 0.4) is 0 Å². The second kappa shape index (κ2) is 1.72. The molecule has 1 aliphatic rings. The lowest BCUT2D eigenvalue weighted by molar-refractivity contribution is -0.154. The minimum Gasteiger partial charge on any atom is -0.434 e. The topological polar surface area (TPSA) is 72.6 Å². The summed E-state index contributed by atoms with van der Waals surface area (Å²) in [5, 5.41) is 8.60. The fourth-order valence-corrected chi connectivity index (χ4v) is 0.563. The van der Waals surface area contributed by atoms with E-state index in [1.807, 2.05) is 0 Å². The van der Waals surface area contributed by atoms with Crippen LogP contribution in [0.5, 0.6) is 0 Å². The van der Waals surface area contributed by atoms with Gasteiger partial charge in [0.25, 0.3) is 0 Å². The molecule has 1 aliphatic heterocycles. The van der Waals surface area contributed by atoms with Gasteiger partial charge in [-0.25, -0.2) is 0 Å². The van der Waals surface area contributed by atoms with Gasteiger partial charge >= 0.3 is 5.97 Å². The van der Waals surface area contributed by atoms with Crippen molar-refractivity contribution >= 4 is 5.97 Å². The van der Waals surface area contributed by atoms with Gasteiger partial charge in [-0.05, 0) is 0 Å². The predicted molar refractivity (Wildman–Crippen MR) is 24.7 cm³/mol. The highest BCUT2D eigenvalue weighted by Gasteiger charge is 2.29. The molecule has 4 nitrogen and oxygen atoms in total. The van der Waals surface area contributed by atoms with E-state index >= 15 is 0 Å². The maximum Gasteiger partial charge on any atom is 0.309 e. The Labute approximate surface area is 46.2 Å². The van der Waals surface area contributed by atoms with Crippen LogP contribution in [-0.4, -0.2) is 23.4 Å². The molecule has 2 atom stereocenters. The van der Waals surface area contributed by atoms with Gasteiger partial charge < -0.3 is 15.6 Å². The number of ether oxygens (including phenoxy) is 1. The molecule has 0 bridgehead atoms. The fourth-order valence-electron chi connectivity index (χ4n) is 0.563. The number of aliphatic hydroxyl groups excluding tert-OH is 1. The summed E-state index contributed by atoms with van der Waals surface area (Å²) in [6.07, 6.45) is -0.955. The summed E-state index contributed by atoms with van der Waals surface area (Å²) >= 11 is 0. The molecule has 1 saturated heterocycles. The third-order valence-corrected chi connectivity index (χ3v) is 1.02. The second-order valence-corrected chi connectivity index (χ2v) is 1.75. The molecular formula is C4H7NO3. The molecule has 0 radical (unpaired) electrons. The SMILES string of the molecule is NC1CC(=O)OC1O. The number of carbonyl (C=O) groups excluding carboxylic acids is 1. The molecule has 46 valence electrons. The van der Waals surface area contributed by atoms with Crippen molar-refractivity contribution in [3.8, 4) is 0 Å². The average molecular weight is 117 g/mol. The number of cyclic esters (lactones) is 1. The summed E-state index contributed by atoms with van der Waals surface area (Å²) in [6.45, 7) is 0. The van der Waals surface area contributed by atoms with Gasteiger partial charge in [-0.15, -0.1) is 0 Å². The Bertz CT molecular complexity index is 102. The van der Waals surface area contributed by atoms with Gasteiger partial charge in [-0.2, -0.15) is 0 Å². The molecule has 2 unspecified atom stereocenters. The van der Waals surface area contributed by atoms with Gasteiger partial charge in [-0.3, -0.25) is 4.79 Å². The first-order chi connectivity index (χ1) is 3.70. The highest BCUT2D eigenvalue weighted by molar-refractivity contribution is 5.72. The van der Waals surface area contributed by atoms with Gasteiger partial charge in [0.15, 0.2) is 0 Å². The minimum absolute atomic E-state index is 0.126. The standard InChI is InChI=1S/C4H7NO3/c5-2-1-3(6)8-4(2)7/h2,4,7H,1,5H2. The molecule has 0 aliphatic carbocycles. The molecule has 0 saturated carbocycles. The van der Waals surface area contributed by atoms with Crippen molar-refractivity contribution in [3.63, 3.8) is 0 Å².